The van der Waals surface area contributed by atoms with E-state index >= 15 is 0 Å². The Morgan fingerprint density at radius 2 is 1.00 bits per heavy atom. The molecule has 2 atom stereocenters. The molecule has 2 aromatic carbocycles. The molecule has 0 aliphatic heterocycles. The summed E-state index contributed by atoms with van der Waals surface area (Å²) >= 11 is 14.2. The van der Waals surface area contributed by atoms with Crippen molar-refractivity contribution < 1.29 is 14.3 Å². The van der Waals surface area contributed by atoms with Crippen LogP contribution in [0.5, 0.6) is 11.5 Å². The summed E-state index contributed by atoms with van der Waals surface area (Å²) in [5.41, 5.74) is 1.82. The zero-order chi connectivity index (χ0) is 19.3. The summed E-state index contributed by atoms with van der Waals surface area (Å²) in [6.07, 6.45) is 0. The highest BCUT2D eigenvalue weighted by Gasteiger charge is 2.36. The maximum Gasteiger partial charge on any atom is 0.151 e. The number of Topliss-reactive ketones (excluding diaryl/α,β-unsaturated/α-hetero) is 1. The lowest BCUT2D eigenvalue weighted by atomic mass is 9.85. The van der Waals surface area contributed by atoms with Crippen molar-refractivity contribution in [1.82, 2.24) is 0 Å². The van der Waals surface area contributed by atoms with Gasteiger partial charge in [0.05, 0.1) is 33.5 Å². The van der Waals surface area contributed by atoms with Gasteiger partial charge in [-0.3, -0.25) is 4.79 Å². The number of methoxy groups -OCH3 is 2. The van der Waals surface area contributed by atoms with Crippen molar-refractivity contribution in [3.63, 3.8) is 0 Å². The molecule has 0 radical (unpaired) electrons. The fraction of sp³-hybridized carbons (Fsp3) is 0.316. The molecule has 0 aliphatic carbocycles. The van der Waals surface area contributed by atoms with Crippen molar-refractivity contribution in [2.45, 2.75) is 19.3 Å². The number of ketones is 1. The minimum absolute atomic E-state index is 0.0813. The van der Waals surface area contributed by atoms with Crippen molar-refractivity contribution in [3.8, 4) is 11.5 Å². The van der Waals surface area contributed by atoms with E-state index in [-0.39, 0.29) is 25.1 Å². The predicted molar refractivity (Wildman–Crippen MR) is 120 cm³/mol. The van der Waals surface area contributed by atoms with E-state index in [9.17, 15) is 4.79 Å². The second kappa shape index (κ2) is 10.2. The molecule has 140 valence electrons. The van der Waals surface area contributed by atoms with Gasteiger partial charge in [-0.25, -0.2) is 0 Å². The maximum absolute atomic E-state index is 13.5. The van der Waals surface area contributed by atoms with E-state index in [1.165, 1.54) is 0 Å². The monoisotopic (exact) mass is 610 g/mol. The minimum atomic E-state index is -0.370. The number of halogens is 4. The molecule has 0 aromatic heterocycles. The van der Waals surface area contributed by atoms with Crippen LogP contribution < -0.4 is 9.47 Å². The van der Waals surface area contributed by atoms with Gasteiger partial charge in [-0.05, 0) is 35.4 Å². The van der Waals surface area contributed by atoms with E-state index < -0.39 is 0 Å². The van der Waals surface area contributed by atoms with Crippen molar-refractivity contribution in [2.24, 2.45) is 0 Å². The Labute approximate surface area is 187 Å². The number of carbonyl (C=O) groups excluding carboxylic acids is 1. The van der Waals surface area contributed by atoms with Crippen LogP contribution >= 0.6 is 63.7 Å². The van der Waals surface area contributed by atoms with Crippen molar-refractivity contribution in [1.29, 1.82) is 0 Å². The van der Waals surface area contributed by atoms with Gasteiger partial charge in [0.25, 0.3) is 0 Å². The quantitative estimate of drug-likeness (QED) is 0.325. The highest BCUT2D eigenvalue weighted by Crippen LogP contribution is 2.40. The molecule has 2 unspecified atom stereocenters. The average Bonchev–Trinajstić information content (AvgIpc) is 2.62. The van der Waals surface area contributed by atoms with Crippen LogP contribution in [-0.2, 0) is 4.79 Å². The number of hydrogen-bond acceptors (Lipinski definition) is 3. The number of carbonyl (C=O) groups is 1. The van der Waals surface area contributed by atoms with Crippen LogP contribution in [0.2, 0.25) is 0 Å². The molecule has 0 heterocycles. The number of benzene rings is 2. The van der Waals surface area contributed by atoms with E-state index in [2.05, 4.69) is 63.7 Å². The topological polar surface area (TPSA) is 35.5 Å². The zero-order valence-electron chi connectivity index (χ0n) is 14.2. The Morgan fingerprint density at radius 3 is 1.23 bits per heavy atom. The van der Waals surface area contributed by atoms with E-state index in [4.69, 9.17) is 9.47 Å². The highest BCUT2D eigenvalue weighted by atomic mass is 79.9. The van der Waals surface area contributed by atoms with Gasteiger partial charge in [0.2, 0.25) is 0 Å². The van der Waals surface area contributed by atoms with Gasteiger partial charge in [0, 0.05) is 0 Å². The lowest BCUT2D eigenvalue weighted by molar-refractivity contribution is -0.121. The maximum atomic E-state index is 13.5. The third-order valence-corrected chi connectivity index (χ3v) is 6.18. The molecule has 0 saturated carbocycles. The number of hydrogen-bond donors (Lipinski definition) is 0. The van der Waals surface area contributed by atoms with Crippen LogP contribution in [0, 0.1) is 0 Å². The average molecular weight is 614 g/mol. The van der Waals surface area contributed by atoms with Crippen molar-refractivity contribution in [3.05, 3.63) is 59.7 Å². The van der Waals surface area contributed by atoms with E-state index in [0.29, 0.717) is 0 Å². The summed E-state index contributed by atoms with van der Waals surface area (Å²) in [7, 11) is 3.24. The molecule has 2 rings (SSSR count). The molecular weight excluding hydrogens is 596 g/mol. The van der Waals surface area contributed by atoms with Crippen LogP contribution in [0.1, 0.15) is 23.0 Å². The summed E-state index contributed by atoms with van der Waals surface area (Å²) in [4.78, 5) is 13.5. The zero-order valence-corrected chi connectivity index (χ0v) is 20.5. The molecule has 0 N–H and O–H groups in total. The fourth-order valence-corrected chi connectivity index (χ4v) is 4.95. The van der Waals surface area contributed by atoms with Crippen LogP contribution in [0.4, 0.5) is 0 Å². The molecule has 0 amide bonds. The van der Waals surface area contributed by atoms with E-state index in [1.807, 2.05) is 48.5 Å². The second-order valence-corrected chi connectivity index (χ2v) is 12.0. The first-order valence-corrected chi connectivity index (χ1v) is 11.4. The minimum Gasteiger partial charge on any atom is -0.497 e. The Morgan fingerprint density at radius 1 is 0.692 bits per heavy atom. The first-order valence-electron chi connectivity index (χ1n) is 7.77. The molecule has 26 heavy (non-hydrogen) atoms. The molecule has 0 saturated heterocycles. The lowest BCUT2D eigenvalue weighted by Gasteiger charge is -2.25. The standard InChI is InChI=1S/C19H18Br4O3/c1-25-13-7-3-11(4-8-13)15(18(20)21)17(24)16(19(22)23)12-5-9-14(26-2)10-6-12/h3-10,15-16,18-19H,1-2H3. The third-order valence-electron chi connectivity index (χ3n) is 4.07. The first kappa shape index (κ1) is 21.9. The summed E-state index contributed by atoms with van der Waals surface area (Å²) < 4.78 is 10.0. The summed E-state index contributed by atoms with van der Waals surface area (Å²) in [5, 5.41) is 0. The SMILES string of the molecule is COc1ccc(C(C(=O)C(c2ccc(OC)cc2)C(Br)Br)C(Br)Br)cc1. The molecule has 3 nitrogen and oxygen atoms in total. The van der Waals surface area contributed by atoms with E-state index in [0.717, 1.165) is 22.6 Å². The van der Waals surface area contributed by atoms with Crippen molar-refractivity contribution in [2.75, 3.05) is 14.2 Å². The van der Waals surface area contributed by atoms with Gasteiger partial charge < -0.3 is 9.47 Å². The number of rotatable bonds is 8. The van der Waals surface area contributed by atoms with Crippen LogP contribution in [0.15, 0.2) is 48.5 Å². The Hall–Kier alpha value is -0.370. The largest absolute Gasteiger partial charge is 0.497 e. The normalized spacial score (nSPS) is 13.5. The molecule has 0 fully saturated rings. The number of ether oxygens (including phenoxy) is 2. The van der Waals surface area contributed by atoms with Gasteiger partial charge in [0.15, 0.2) is 5.78 Å². The molecule has 0 aliphatic rings. The Balaban J connectivity index is 2.39. The third kappa shape index (κ3) is 5.33. The molecular formula is C19H18Br4O3. The Kier molecular flexibility index (Phi) is 8.64. The van der Waals surface area contributed by atoms with Crippen LogP contribution in [-0.4, -0.2) is 27.5 Å². The fourth-order valence-electron chi connectivity index (χ4n) is 2.68. The van der Waals surface area contributed by atoms with Gasteiger partial charge in [-0.2, -0.15) is 0 Å². The van der Waals surface area contributed by atoms with E-state index in [1.54, 1.807) is 14.2 Å². The number of alkyl halides is 4. The molecule has 7 heteroatoms. The van der Waals surface area contributed by atoms with Gasteiger partial charge in [0.1, 0.15) is 11.5 Å². The predicted octanol–water partition coefficient (Wildman–Crippen LogP) is 6.37. The van der Waals surface area contributed by atoms with Crippen LogP contribution in [0.25, 0.3) is 0 Å². The summed E-state index contributed by atoms with van der Waals surface area (Å²) in [6.45, 7) is 0. The van der Waals surface area contributed by atoms with Gasteiger partial charge in [-0.15, -0.1) is 0 Å². The first-order chi connectivity index (χ1) is 12.4. The Bertz CT molecular complexity index is 653. The van der Waals surface area contributed by atoms with Crippen molar-refractivity contribution >= 4 is 69.5 Å². The smallest absolute Gasteiger partial charge is 0.151 e. The van der Waals surface area contributed by atoms with Crippen LogP contribution in [0.3, 0.4) is 0 Å². The summed E-state index contributed by atoms with van der Waals surface area (Å²) in [5.74, 6) is 0.853. The van der Waals surface area contributed by atoms with Gasteiger partial charge >= 0.3 is 0 Å². The second-order valence-electron chi connectivity index (χ2n) is 5.57. The molecule has 2 aromatic rings. The van der Waals surface area contributed by atoms with Gasteiger partial charge in [-0.1, -0.05) is 88.0 Å². The highest BCUT2D eigenvalue weighted by molar-refractivity contribution is 9.25. The lowest BCUT2D eigenvalue weighted by Crippen LogP contribution is -2.28. The molecule has 0 spiro atoms. The summed E-state index contributed by atoms with van der Waals surface area (Å²) in [6, 6.07) is 15.1. The molecule has 0 bridgehead atoms.